The SMILES string of the molecule is CCn1cc(C(CN)C(C)C)cn1. The number of hydrogen-bond donors (Lipinski definition) is 1. The summed E-state index contributed by atoms with van der Waals surface area (Å²) in [5.41, 5.74) is 6.98. The molecule has 1 atom stereocenters. The summed E-state index contributed by atoms with van der Waals surface area (Å²) in [4.78, 5) is 0. The minimum atomic E-state index is 0.445. The quantitative estimate of drug-likeness (QED) is 0.766. The average Bonchev–Trinajstić information content (AvgIpc) is 2.53. The Morgan fingerprint density at radius 1 is 1.54 bits per heavy atom. The highest BCUT2D eigenvalue weighted by molar-refractivity contribution is 5.12. The molecule has 0 saturated carbocycles. The van der Waals surface area contributed by atoms with Crippen LogP contribution in [0, 0.1) is 5.92 Å². The molecule has 0 amide bonds. The van der Waals surface area contributed by atoms with Gasteiger partial charge in [0.05, 0.1) is 6.20 Å². The van der Waals surface area contributed by atoms with Gasteiger partial charge in [0, 0.05) is 18.7 Å². The lowest BCUT2D eigenvalue weighted by atomic mass is 9.91. The van der Waals surface area contributed by atoms with Crippen LogP contribution >= 0.6 is 0 Å². The van der Waals surface area contributed by atoms with Crippen LogP contribution in [0.3, 0.4) is 0 Å². The minimum Gasteiger partial charge on any atom is -0.330 e. The summed E-state index contributed by atoms with van der Waals surface area (Å²) in [6, 6.07) is 0. The predicted octanol–water partition coefficient (Wildman–Crippen LogP) is 1.60. The lowest BCUT2D eigenvalue weighted by molar-refractivity contribution is 0.505. The second-order valence-corrected chi connectivity index (χ2v) is 3.72. The molecule has 74 valence electrons. The van der Waals surface area contributed by atoms with Crippen molar-refractivity contribution in [1.82, 2.24) is 9.78 Å². The van der Waals surface area contributed by atoms with Crippen molar-refractivity contribution in [2.24, 2.45) is 11.7 Å². The molecule has 0 bridgehead atoms. The van der Waals surface area contributed by atoms with Gasteiger partial charge in [-0.05, 0) is 24.9 Å². The Hall–Kier alpha value is -0.830. The Labute approximate surface area is 79.9 Å². The van der Waals surface area contributed by atoms with E-state index in [0.29, 0.717) is 18.4 Å². The standard InChI is InChI=1S/C10H19N3/c1-4-13-7-9(6-12-13)10(5-11)8(2)3/h6-8,10H,4-5,11H2,1-3H3. The van der Waals surface area contributed by atoms with Gasteiger partial charge in [-0.1, -0.05) is 13.8 Å². The number of rotatable bonds is 4. The van der Waals surface area contributed by atoms with E-state index in [9.17, 15) is 0 Å². The Bertz CT molecular complexity index is 252. The highest BCUT2D eigenvalue weighted by Crippen LogP contribution is 2.22. The lowest BCUT2D eigenvalue weighted by Gasteiger charge is -2.16. The fourth-order valence-electron chi connectivity index (χ4n) is 1.54. The summed E-state index contributed by atoms with van der Waals surface area (Å²) in [5.74, 6) is 1.03. The van der Waals surface area contributed by atoms with E-state index in [1.165, 1.54) is 5.56 Å². The Balaban J connectivity index is 2.79. The summed E-state index contributed by atoms with van der Waals surface area (Å²) < 4.78 is 1.94. The molecule has 0 saturated heterocycles. The van der Waals surface area contributed by atoms with Gasteiger partial charge in [-0.3, -0.25) is 4.68 Å². The normalized spacial score (nSPS) is 13.6. The first-order valence-electron chi connectivity index (χ1n) is 4.91. The zero-order chi connectivity index (χ0) is 9.84. The zero-order valence-corrected chi connectivity index (χ0v) is 8.70. The fraction of sp³-hybridized carbons (Fsp3) is 0.700. The highest BCUT2D eigenvalue weighted by atomic mass is 15.3. The zero-order valence-electron chi connectivity index (χ0n) is 8.70. The summed E-state index contributed by atoms with van der Waals surface area (Å²) in [5, 5.41) is 4.25. The molecule has 1 unspecified atom stereocenters. The van der Waals surface area contributed by atoms with Gasteiger partial charge >= 0.3 is 0 Å². The lowest BCUT2D eigenvalue weighted by Crippen LogP contribution is -2.17. The van der Waals surface area contributed by atoms with Gasteiger partial charge in [-0.15, -0.1) is 0 Å². The van der Waals surface area contributed by atoms with E-state index >= 15 is 0 Å². The van der Waals surface area contributed by atoms with Crippen LogP contribution in [0.2, 0.25) is 0 Å². The average molecular weight is 181 g/mol. The molecule has 3 heteroatoms. The first kappa shape index (κ1) is 10.3. The molecule has 0 aliphatic carbocycles. The number of aryl methyl sites for hydroxylation is 1. The third-order valence-corrected chi connectivity index (χ3v) is 2.46. The van der Waals surface area contributed by atoms with Crippen molar-refractivity contribution in [1.29, 1.82) is 0 Å². The number of nitrogens with two attached hydrogens (primary N) is 1. The minimum absolute atomic E-state index is 0.445. The highest BCUT2D eigenvalue weighted by Gasteiger charge is 2.15. The smallest absolute Gasteiger partial charge is 0.0525 e. The van der Waals surface area contributed by atoms with Crippen LogP contribution in [0.25, 0.3) is 0 Å². The van der Waals surface area contributed by atoms with Gasteiger partial charge in [-0.25, -0.2) is 0 Å². The van der Waals surface area contributed by atoms with E-state index in [2.05, 4.69) is 32.1 Å². The van der Waals surface area contributed by atoms with Gasteiger partial charge in [0.1, 0.15) is 0 Å². The van der Waals surface area contributed by atoms with Gasteiger partial charge in [-0.2, -0.15) is 5.10 Å². The molecule has 1 heterocycles. The summed E-state index contributed by atoms with van der Waals surface area (Å²) in [6.45, 7) is 8.10. The molecular formula is C10H19N3. The van der Waals surface area contributed by atoms with Gasteiger partial charge in [0.2, 0.25) is 0 Å². The van der Waals surface area contributed by atoms with Gasteiger partial charge in [0.25, 0.3) is 0 Å². The molecule has 0 radical (unpaired) electrons. The van der Waals surface area contributed by atoms with Crippen molar-refractivity contribution in [3.63, 3.8) is 0 Å². The maximum Gasteiger partial charge on any atom is 0.0525 e. The number of hydrogen-bond acceptors (Lipinski definition) is 2. The molecule has 0 aliphatic rings. The second kappa shape index (κ2) is 4.42. The predicted molar refractivity (Wildman–Crippen MR) is 54.5 cm³/mol. The van der Waals surface area contributed by atoms with Crippen LogP contribution in [0.1, 0.15) is 32.3 Å². The van der Waals surface area contributed by atoms with Crippen LogP contribution in [-0.4, -0.2) is 16.3 Å². The Morgan fingerprint density at radius 2 is 2.23 bits per heavy atom. The molecule has 1 aromatic rings. The number of aromatic nitrogens is 2. The van der Waals surface area contributed by atoms with E-state index < -0.39 is 0 Å². The second-order valence-electron chi connectivity index (χ2n) is 3.72. The van der Waals surface area contributed by atoms with Crippen LogP contribution in [0.4, 0.5) is 0 Å². The molecule has 0 spiro atoms. The van der Waals surface area contributed by atoms with Crippen molar-refractivity contribution >= 4 is 0 Å². The topological polar surface area (TPSA) is 43.8 Å². The Morgan fingerprint density at radius 3 is 2.62 bits per heavy atom. The van der Waals surface area contributed by atoms with Crippen molar-refractivity contribution < 1.29 is 0 Å². The van der Waals surface area contributed by atoms with Crippen LogP contribution < -0.4 is 5.73 Å². The van der Waals surface area contributed by atoms with Crippen LogP contribution in [-0.2, 0) is 6.54 Å². The summed E-state index contributed by atoms with van der Waals surface area (Å²) >= 11 is 0. The molecule has 1 aromatic heterocycles. The molecular weight excluding hydrogens is 162 g/mol. The van der Waals surface area contributed by atoms with Crippen LogP contribution in [0.5, 0.6) is 0 Å². The van der Waals surface area contributed by atoms with Crippen molar-refractivity contribution in [3.8, 4) is 0 Å². The van der Waals surface area contributed by atoms with E-state index in [4.69, 9.17) is 5.73 Å². The molecule has 0 aromatic carbocycles. The third kappa shape index (κ3) is 2.31. The van der Waals surface area contributed by atoms with Gasteiger partial charge < -0.3 is 5.73 Å². The first-order valence-corrected chi connectivity index (χ1v) is 4.91. The Kier molecular flexibility index (Phi) is 3.48. The monoisotopic (exact) mass is 181 g/mol. The number of nitrogens with zero attached hydrogens (tertiary/aromatic N) is 2. The maximum absolute atomic E-state index is 5.72. The van der Waals surface area contributed by atoms with E-state index in [0.717, 1.165) is 6.54 Å². The third-order valence-electron chi connectivity index (χ3n) is 2.46. The molecule has 3 nitrogen and oxygen atoms in total. The van der Waals surface area contributed by atoms with Crippen LogP contribution in [0.15, 0.2) is 12.4 Å². The molecule has 1 rings (SSSR count). The molecule has 2 N–H and O–H groups in total. The molecule has 13 heavy (non-hydrogen) atoms. The largest absolute Gasteiger partial charge is 0.330 e. The van der Waals surface area contributed by atoms with E-state index in [1.807, 2.05) is 10.9 Å². The van der Waals surface area contributed by atoms with E-state index in [-0.39, 0.29) is 0 Å². The van der Waals surface area contributed by atoms with Gasteiger partial charge in [0.15, 0.2) is 0 Å². The van der Waals surface area contributed by atoms with Crippen molar-refractivity contribution in [2.75, 3.05) is 6.54 Å². The van der Waals surface area contributed by atoms with Crippen molar-refractivity contribution in [3.05, 3.63) is 18.0 Å². The van der Waals surface area contributed by atoms with Crippen molar-refractivity contribution in [2.45, 2.75) is 33.2 Å². The molecule has 0 fully saturated rings. The fourth-order valence-corrected chi connectivity index (χ4v) is 1.54. The van der Waals surface area contributed by atoms with E-state index in [1.54, 1.807) is 0 Å². The first-order chi connectivity index (χ1) is 6.19. The summed E-state index contributed by atoms with van der Waals surface area (Å²) in [6.07, 6.45) is 4.03. The maximum atomic E-state index is 5.72. The summed E-state index contributed by atoms with van der Waals surface area (Å²) in [7, 11) is 0. The molecule has 0 aliphatic heterocycles.